The molecular formula is C15H21IN2. The lowest BCUT2D eigenvalue weighted by Crippen LogP contribution is -2.46. The quantitative estimate of drug-likeness (QED) is 0.766. The summed E-state index contributed by atoms with van der Waals surface area (Å²) in [6.07, 6.45) is 2.95. The van der Waals surface area contributed by atoms with Gasteiger partial charge in [-0.1, -0.05) is 12.1 Å². The fraction of sp³-hybridized carbons (Fsp3) is 0.600. The molecule has 0 spiro atoms. The van der Waals surface area contributed by atoms with E-state index in [1.807, 2.05) is 0 Å². The van der Waals surface area contributed by atoms with Crippen LogP contribution in [0.1, 0.15) is 18.4 Å². The van der Waals surface area contributed by atoms with Gasteiger partial charge in [-0.3, -0.25) is 4.90 Å². The highest BCUT2D eigenvalue weighted by atomic mass is 127. The minimum absolute atomic E-state index is 1.03. The normalized spacial score (nSPS) is 22.3. The van der Waals surface area contributed by atoms with Crippen molar-refractivity contribution in [2.45, 2.75) is 19.4 Å². The molecule has 3 heteroatoms. The van der Waals surface area contributed by atoms with Crippen molar-refractivity contribution in [3.8, 4) is 0 Å². The molecule has 0 unspecified atom stereocenters. The van der Waals surface area contributed by atoms with Gasteiger partial charge in [-0.25, -0.2) is 0 Å². The number of benzene rings is 1. The van der Waals surface area contributed by atoms with Crippen molar-refractivity contribution in [1.82, 2.24) is 9.80 Å². The molecule has 0 radical (unpaired) electrons. The lowest BCUT2D eigenvalue weighted by molar-refractivity contribution is 0.123. The number of rotatable bonds is 4. The van der Waals surface area contributed by atoms with E-state index in [0.717, 1.165) is 12.5 Å². The van der Waals surface area contributed by atoms with Crippen molar-refractivity contribution in [3.05, 3.63) is 33.4 Å². The van der Waals surface area contributed by atoms with Crippen molar-refractivity contribution < 1.29 is 0 Å². The smallest absolute Gasteiger partial charge is 0.0234 e. The Morgan fingerprint density at radius 1 is 0.944 bits per heavy atom. The molecule has 1 aromatic carbocycles. The molecule has 2 fully saturated rings. The van der Waals surface area contributed by atoms with Crippen LogP contribution in [0.5, 0.6) is 0 Å². The van der Waals surface area contributed by atoms with E-state index < -0.39 is 0 Å². The van der Waals surface area contributed by atoms with E-state index in [4.69, 9.17) is 0 Å². The molecule has 1 heterocycles. The molecular weight excluding hydrogens is 335 g/mol. The van der Waals surface area contributed by atoms with E-state index in [1.165, 1.54) is 54.7 Å². The Labute approximate surface area is 123 Å². The standard InChI is InChI=1S/C15H21IN2/c16-15-5-3-14(4-6-15)12-18-9-7-17(8-10-18)11-13-1-2-13/h3-6,13H,1-2,7-12H2. The van der Waals surface area contributed by atoms with Crippen molar-refractivity contribution in [2.75, 3.05) is 32.7 Å². The van der Waals surface area contributed by atoms with Crippen LogP contribution in [0, 0.1) is 9.49 Å². The zero-order valence-electron chi connectivity index (χ0n) is 10.8. The van der Waals surface area contributed by atoms with Crippen LogP contribution in [0.2, 0.25) is 0 Å². The Morgan fingerprint density at radius 2 is 1.56 bits per heavy atom. The first-order valence-electron chi connectivity index (χ1n) is 6.99. The highest BCUT2D eigenvalue weighted by molar-refractivity contribution is 14.1. The van der Waals surface area contributed by atoms with E-state index in [2.05, 4.69) is 56.7 Å². The van der Waals surface area contributed by atoms with E-state index >= 15 is 0 Å². The summed E-state index contributed by atoms with van der Waals surface area (Å²) in [7, 11) is 0. The summed E-state index contributed by atoms with van der Waals surface area (Å²) < 4.78 is 1.32. The number of piperazine rings is 1. The van der Waals surface area contributed by atoms with Crippen LogP contribution in [-0.4, -0.2) is 42.5 Å². The average molecular weight is 356 g/mol. The summed E-state index contributed by atoms with van der Waals surface area (Å²) in [4.78, 5) is 5.24. The Hall–Kier alpha value is -0.130. The van der Waals surface area contributed by atoms with Gasteiger partial charge in [0.2, 0.25) is 0 Å². The zero-order valence-corrected chi connectivity index (χ0v) is 13.0. The molecule has 18 heavy (non-hydrogen) atoms. The van der Waals surface area contributed by atoms with E-state index in [-0.39, 0.29) is 0 Å². The zero-order chi connectivity index (χ0) is 12.4. The molecule has 0 aromatic heterocycles. The SMILES string of the molecule is Ic1ccc(CN2CCN(CC3CC3)CC2)cc1. The van der Waals surface area contributed by atoms with Gasteiger partial charge >= 0.3 is 0 Å². The largest absolute Gasteiger partial charge is 0.301 e. The number of hydrogen-bond donors (Lipinski definition) is 0. The van der Waals surface area contributed by atoms with Crippen LogP contribution in [0.15, 0.2) is 24.3 Å². The highest BCUT2D eigenvalue weighted by Crippen LogP contribution is 2.29. The Kier molecular flexibility index (Phi) is 4.21. The number of hydrogen-bond acceptors (Lipinski definition) is 2. The molecule has 2 aliphatic rings. The second-order valence-corrected chi connectivity index (χ2v) is 6.89. The Morgan fingerprint density at radius 3 is 2.17 bits per heavy atom. The number of halogens is 1. The van der Waals surface area contributed by atoms with Gasteiger partial charge in [0.1, 0.15) is 0 Å². The van der Waals surface area contributed by atoms with Crippen molar-refractivity contribution >= 4 is 22.6 Å². The molecule has 0 atom stereocenters. The van der Waals surface area contributed by atoms with Gasteiger partial charge in [0.25, 0.3) is 0 Å². The first kappa shape index (κ1) is 12.9. The van der Waals surface area contributed by atoms with Crippen LogP contribution in [0.25, 0.3) is 0 Å². The predicted octanol–water partition coefficient (Wildman–Crippen LogP) is 2.82. The minimum Gasteiger partial charge on any atom is -0.301 e. The fourth-order valence-electron chi connectivity index (χ4n) is 2.64. The first-order valence-corrected chi connectivity index (χ1v) is 8.06. The van der Waals surface area contributed by atoms with E-state index in [9.17, 15) is 0 Å². The first-order chi connectivity index (χ1) is 8.79. The minimum atomic E-state index is 1.03. The van der Waals surface area contributed by atoms with E-state index in [1.54, 1.807) is 0 Å². The predicted molar refractivity (Wildman–Crippen MR) is 83.6 cm³/mol. The van der Waals surface area contributed by atoms with E-state index in [0.29, 0.717) is 0 Å². The maximum Gasteiger partial charge on any atom is 0.0234 e. The second kappa shape index (κ2) is 5.88. The summed E-state index contributed by atoms with van der Waals surface area (Å²) in [6.45, 7) is 7.48. The lowest BCUT2D eigenvalue weighted by atomic mass is 10.2. The maximum atomic E-state index is 2.65. The fourth-order valence-corrected chi connectivity index (χ4v) is 3.00. The molecule has 0 amide bonds. The van der Waals surface area contributed by atoms with Gasteiger partial charge in [-0.05, 0) is 59.0 Å². The lowest BCUT2D eigenvalue weighted by Gasteiger charge is -2.34. The van der Waals surface area contributed by atoms with Crippen molar-refractivity contribution in [3.63, 3.8) is 0 Å². The molecule has 0 N–H and O–H groups in total. The molecule has 1 aromatic rings. The second-order valence-electron chi connectivity index (χ2n) is 5.65. The van der Waals surface area contributed by atoms with Gasteiger partial charge in [0.15, 0.2) is 0 Å². The highest BCUT2D eigenvalue weighted by Gasteiger charge is 2.26. The van der Waals surface area contributed by atoms with Crippen LogP contribution in [-0.2, 0) is 6.54 Å². The van der Waals surface area contributed by atoms with Crippen LogP contribution in [0.3, 0.4) is 0 Å². The average Bonchev–Trinajstić information content (AvgIpc) is 3.19. The molecule has 3 rings (SSSR count). The molecule has 1 aliphatic carbocycles. The molecule has 1 saturated heterocycles. The molecule has 2 nitrogen and oxygen atoms in total. The maximum absolute atomic E-state index is 2.65. The third-order valence-corrected chi connectivity index (χ3v) is 4.72. The third-order valence-electron chi connectivity index (χ3n) is 4.00. The van der Waals surface area contributed by atoms with Crippen LogP contribution >= 0.6 is 22.6 Å². The van der Waals surface area contributed by atoms with Gasteiger partial charge in [0.05, 0.1) is 0 Å². The summed E-state index contributed by atoms with van der Waals surface area (Å²) >= 11 is 2.37. The van der Waals surface area contributed by atoms with Gasteiger partial charge in [-0.2, -0.15) is 0 Å². The number of nitrogens with zero attached hydrogens (tertiary/aromatic N) is 2. The monoisotopic (exact) mass is 356 g/mol. The topological polar surface area (TPSA) is 6.48 Å². The summed E-state index contributed by atoms with van der Waals surface area (Å²) in [6, 6.07) is 8.94. The third kappa shape index (κ3) is 3.68. The summed E-state index contributed by atoms with van der Waals surface area (Å²) in [5.41, 5.74) is 1.45. The van der Waals surface area contributed by atoms with Gasteiger partial charge in [-0.15, -0.1) is 0 Å². The van der Waals surface area contributed by atoms with Crippen molar-refractivity contribution in [1.29, 1.82) is 0 Å². The van der Waals surface area contributed by atoms with Gasteiger partial charge in [0, 0.05) is 42.8 Å². The van der Waals surface area contributed by atoms with Crippen LogP contribution in [0.4, 0.5) is 0 Å². The van der Waals surface area contributed by atoms with Crippen LogP contribution < -0.4 is 0 Å². The molecule has 98 valence electrons. The molecule has 1 saturated carbocycles. The Bertz CT molecular complexity index is 378. The van der Waals surface area contributed by atoms with Gasteiger partial charge < -0.3 is 4.90 Å². The van der Waals surface area contributed by atoms with Crippen molar-refractivity contribution in [2.24, 2.45) is 5.92 Å². The molecule has 0 bridgehead atoms. The summed E-state index contributed by atoms with van der Waals surface area (Å²) in [5.74, 6) is 1.03. The Balaban J connectivity index is 1.45. The molecule has 1 aliphatic heterocycles. The summed E-state index contributed by atoms with van der Waals surface area (Å²) in [5, 5.41) is 0.